The van der Waals surface area contributed by atoms with E-state index in [1.165, 1.54) is 6.07 Å². The number of fused-ring (bicyclic) bond motifs is 1. The number of aromatic carboxylic acids is 1. The van der Waals surface area contributed by atoms with Gasteiger partial charge < -0.3 is 22.5 Å². The molecule has 0 saturated heterocycles. The van der Waals surface area contributed by atoms with E-state index in [-0.39, 0.29) is 5.56 Å². The number of carboxylic acid groups (broad SMARTS) is 1. The number of nitrogens with zero attached hydrogens (tertiary/aromatic N) is 1. The summed E-state index contributed by atoms with van der Waals surface area (Å²) in [6.07, 6.45) is 1.85. The predicted molar refractivity (Wildman–Crippen MR) is 70.4 cm³/mol. The van der Waals surface area contributed by atoms with Gasteiger partial charge in [-0.05, 0) is 42.0 Å². The maximum absolute atomic E-state index is 10.9. The zero-order valence-electron chi connectivity index (χ0n) is 10.3. The minimum Gasteiger partial charge on any atom is -0.779 e. The van der Waals surface area contributed by atoms with E-state index in [4.69, 9.17) is 12.6 Å². The summed E-state index contributed by atoms with van der Waals surface area (Å²) in [6, 6.07) is 4.73. The molecule has 0 unspecified atom stereocenters. The van der Waals surface area contributed by atoms with Gasteiger partial charge in [-0.3, -0.25) is 4.98 Å². The zero-order valence-corrected chi connectivity index (χ0v) is 11.1. The van der Waals surface area contributed by atoms with Crippen LogP contribution in [0.3, 0.4) is 0 Å². The van der Waals surface area contributed by atoms with E-state index in [9.17, 15) is 9.90 Å². The normalized spacial score (nSPS) is 10.8. The summed E-state index contributed by atoms with van der Waals surface area (Å²) >= 11 is 5.44. The van der Waals surface area contributed by atoms with Gasteiger partial charge in [-0.2, -0.15) is 4.90 Å². The second-order valence-electron chi connectivity index (χ2n) is 4.27. The minimum absolute atomic E-state index is 0.140. The van der Waals surface area contributed by atoms with Crippen molar-refractivity contribution in [1.29, 1.82) is 0 Å². The van der Waals surface area contributed by atoms with Crippen LogP contribution in [0.5, 0.6) is 0 Å². The third-order valence-corrected chi connectivity index (χ3v) is 3.44. The van der Waals surface area contributed by atoms with E-state index < -0.39 is 5.97 Å². The van der Waals surface area contributed by atoms with Crippen molar-refractivity contribution in [2.75, 3.05) is 0 Å². The fraction of sp³-hybridized carbons (Fsp3) is 0.286. The van der Waals surface area contributed by atoms with Crippen molar-refractivity contribution in [3.05, 3.63) is 35.0 Å². The Balaban J connectivity index is 2.72. The molecule has 0 bridgehead atoms. The predicted octanol–water partition coefficient (Wildman–Crippen LogP) is 1.77. The highest BCUT2D eigenvalue weighted by Gasteiger charge is 2.05. The van der Waals surface area contributed by atoms with Gasteiger partial charge in [-0.15, -0.1) is 0 Å². The first kappa shape index (κ1) is 12.8. The fourth-order valence-electron chi connectivity index (χ4n) is 2.06. The fourth-order valence-corrected chi connectivity index (χ4v) is 2.48. The second-order valence-corrected chi connectivity index (χ2v) is 4.68. The van der Waals surface area contributed by atoms with Crippen LogP contribution in [0.15, 0.2) is 23.1 Å². The molecular formula is C14H13NO2S-2. The van der Waals surface area contributed by atoms with Gasteiger partial charge in [0.05, 0.1) is 11.5 Å². The average molecular weight is 259 g/mol. The first-order valence-electron chi connectivity index (χ1n) is 5.86. The van der Waals surface area contributed by atoms with Crippen LogP contribution < -0.4 is 5.11 Å². The Morgan fingerprint density at radius 3 is 2.78 bits per heavy atom. The van der Waals surface area contributed by atoms with Crippen molar-refractivity contribution in [3.63, 3.8) is 0 Å². The Morgan fingerprint density at radius 1 is 1.44 bits per heavy atom. The first-order valence-corrected chi connectivity index (χ1v) is 6.27. The lowest BCUT2D eigenvalue weighted by molar-refractivity contribution is -0.255. The van der Waals surface area contributed by atoms with Crippen molar-refractivity contribution in [1.82, 2.24) is 4.98 Å². The Labute approximate surface area is 111 Å². The molecular weight excluding hydrogens is 246 g/mol. The van der Waals surface area contributed by atoms with Crippen LogP contribution in [-0.4, -0.2) is 11.0 Å². The molecule has 0 fully saturated rings. The summed E-state index contributed by atoms with van der Waals surface area (Å²) in [4.78, 5) is 16.1. The van der Waals surface area contributed by atoms with Crippen LogP contribution in [0.25, 0.3) is 10.9 Å². The quantitative estimate of drug-likeness (QED) is 0.788. The van der Waals surface area contributed by atoms with Crippen molar-refractivity contribution >= 4 is 29.5 Å². The third kappa shape index (κ3) is 2.16. The molecule has 3 nitrogen and oxygen atoms in total. The van der Waals surface area contributed by atoms with Crippen molar-refractivity contribution in [2.24, 2.45) is 0 Å². The number of rotatable bonds is 3. The lowest BCUT2D eigenvalue weighted by Gasteiger charge is -2.20. The summed E-state index contributed by atoms with van der Waals surface area (Å²) in [5, 5.41) is 11.6. The number of hydrogen-bond acceptors (Lipinski definition) is 4. The van der Waals surface area contributed by atoms with E-state index in [0.29, 0.717) is 4.90 Å². The zero-order chi connectivity index (χ0) is 13.3. The van der Waals surface area contributed by atoms with Crippen LogP contribution in [0.2, 0.25) is 0 Å². The summed E-state index contributed by atoms with van der Waals surface area (Å²) in [6.45, 7) is 4.02. The Morgan fingerprint density at radius 2 is 2.17 bits per heavy atom. The van der Waals surface area contributed by atoms with E-state index in [0.717, 1.165) is 35.0 Å². The van der Waals surface area contributed by atoms with E-state index >= 15 is 0 Å². The molecule has 0 radical (unpaired) electrons. The van der Waals surface area contributed by atoms with Crippen LogP contribution in [0.4, 0.5) is 0 Å². The summed E-state index contributed by atoms with van der Waals surface area (Å²) < 4.78 is 0. The molecule has 1 aromatic heterocycles. The molecule has 94 valence electrons. The number of carbonyl (C=O) groups is 1. The lowest BCUT2D eigenvalue weighted by Crippen LogP contribution is -2.22. The van der Waals surface area contributed by atoms with Crippen molar-refractivity contribution in [3.8, 4) is 0 Å². The van der Waals surface area contributed by atoms with Gasteiger partial charge in [0.15, 0.2) is 0 Å². The van der Waals surface area contributed by atoms with Gasteiger partial charge in [0.1, 0.15) is 0 Å². The van der Waals surface area contributed by atoms with Gasteiger partial charge in [0.2, 0.25) is 0 Å². The molecule has 0 saturated carbocycles. The van der Waals surface area contributed by atoms with Crippen molar-refractivity contribution in [2.45, 2.75) is 31.6 Å². The monoisotopic (exact) mass is 259 g/mol. The Hall–Kier alpha value is -1.68. The number of carbonyl (C=O) groups excluding carboxylic acids is 1. The molecule has 4 heteroatoms. The largest absolute Gasteiger partial charge is 0.779 e. The highest BCUT2D eigenvalue weighted by Crippen LogP contribution is 2.25. The SMILES string of the molecule is CCCc1c(C)nc2ccc(C(=O)[O-])cc2c1[S-]. The Kier molecular flexibility index (Phi) is 3.48. The smallest absolute Gasteiger partial charge is 0.0715 e. The highest BCUT2D eigenvalue weighted by atomic mass is 32.1. The summed E-state index contributed by atoms with van der Waals surface area (Å²) in [5.74, 6) is -1.19. The van der Waals surface area contributed by atoms with Crippen LogP contribution >= 0.6 is 0 Å². The average Bonchev–Trinajstić information content (AvgIpc) is 2.34. The molecule has 1 aromatic carbocycles. The van der Waals surface area contributed by atoms with Crippen LogP contribution in [-0.2, 0) is 19.0 Å². The maximum atomic E-state index is 10.9. The van der Waals surface area contributed by atoms with Gasteiger partial charge in [-0.1, -0.05) is 19.4 Å². The number of hydrogen-bond donors (Lipinski definition) is 0. The number of aromatic nitrogens is 1. The summed E-state index contributed by atoms with van der Waals surface area (Å²) in [5.41, 5.74) is 2.84. The third-order valence-electron chi connectivity index (χ3n) is 2.98. The highest BCUT2D eigenvalue weighted by molar-refractivity contribution is 7.59. The molecule has 0 aliphatic carbocycles. The van der Waals surface area contributed by atoms with E-state index in [2.05, 4.69) is 11.9 Å². The summed E-state index contributed by atoms with van der Waals surface area (Å²) in [7, 11) is 0. The van der Waals surface area contributed by atoms with E-state index in [1.807, 2.05) is 6.92 Å². The minimum atomic E-state index is -1.19. The lowest BCUT2D eigenvalue weighted by atomic mass is 10.0. The van der Waals surface area contributed by atoms with Crippen molar-refractivity contribution < 1.29 is 9.90 Å². The molecule has 0 aliphatic rings. The molecule has 18 heavy (non-hydrogen) atoms. The van der Waals surface area contributed by atoms with Gasteiger partial charge in [0.25, 0.3) is 0 Å². The maximum Gasteiger partial charge on any atom is 0.0715 e. The number of carboxylic acids is 1. The van der Waals surface area contributed by atoms with Gasteiger partial charge in [0, 0.05) is 5.69 Å². The molecule has 2 aromatic rings. The number of aryl methyl sites for hydroxylation is 1. The van der Waals surface area contributed by atoms with Gasteiger partial charge >= 0.3 is 0 Å². The number of pyridine rings is 1. The molecule has 2 rings (SSSR count). The molecule has 0 amide bonds. The van der Waals surface area contributed by atoms with Crippen LogP contribution in [0.1, 0.15) is 35.0 Å². The molecule has 0 spiro atoms. The Bertz CT molecular complexity index is 623. The van der Waals surface area contributed by atoms with Crippen LogP contribution in [0, 0.1) is 6.92 Å². The molecule has 1 heterocycles. The van der Waals surface area contributed by atoms with Gasteiger partial charge in [-0.25, -0.2) is 0 Å². The second kappa shape index (κ2) is 4.90. The molecule has 0 atom stereocenters. The number of benzene rings is 1. The topological polar surface area (TPSA) is 53.0 Å². The molecule has 0 aliphatic heterocycles. The standard InChI is InChI=1S/C14H15NO2S/c1-3-4-10-8(2)15-12-6-5-9(14(16)17)7-11(12)13(10)18/h5-7H,3-4H2,1-2H3,(H,15,18)(H,16,17)/p-2. The van der Waals surface area contributed by atoms with E-state index in [1.54, 1.807) is 12.1 Å². The molecule has 0 N–H and O–H groups in total. The first-order chi connectivity index (χ1) is 8.54.